The van der Waals surface area contributed by atoms with Crippen LogP contribution in [0, 0.1) is 13.8 Å². The lowest BCUT2D eigenvalue weighted by molar-refractivity contribution is 0.602. The Kier molecular flexibility index (Phi) is 3.38. The third kappa shape index (κ3) is 2.62. The molecule has 1 aromatic carbocycles. The molecule has 1 N–H and O–H groups in total. The number of thiazole rings is 1. The Morgan fingerprint density at radius 1 is 1.14 bits per heavy atom. The van der Waals surface area contributed by atoms with Crippen LogP contribution in [-0.2, 0) is 10.0 Å². The van der Waals surface area contributed by atoms with Crippen molar-refractivity contribution in [3.63, 3.8) is 0 Å². The van der Waals surface area contributed by atoms with Gasteiger partial charge >= 0.3 is 0 Å². The first-order chi connectivity index (χ1) is 9.97. The van der Waals surface area contributed by atoms with Gasteiger partial charge in [0, 0.05) is 16.5 Å². The fraction of sp³-hybridized carbons (Fsp3) is 0.143. The van der Waals surface area contributed by atoms with Gasteiger partial charge in [0.2, 0.25) is 0 Å². The van der Waals surface area contributed by atoms with E-state index in [2.05, 4.69) is 14.7 Å². The topological polar surface area (TPSA) is 72.0 Å². The molecule has 0 aliphatic heterocycles. The molecule has 0 amide bonds. The average molecular weight is 319 g/mol. The Labute approximate surface area is 126 Å². The second kappa shape index (κ2) is 5.09. The van der Waals surface area contributed by atoms with Gasteiger partial charge in [0.1, 0.15) is 4.90 Å². The van der Waals surface area contributed by atoms with Gasteiger partial charge in [-0.1, -0.05) is 18.2 Å². The molecule has 0 unspecified atom stereocenters. The Morgan fingerprint density at radius 3 is 2.62 bits per heavy atom. The van der Waals surface area contributed by atoms with Crippen molar-refractivity contribution in [2.75, 3.05) is 4.72 Å². The first-order valence-corrected chi connectivity index (χ1v) is 8.58. The third-order valence-electron chi connectivity index (χ3n) is 3.14. The van der Waals surface area contributed by atoms with Gasteiger partial charge in [-0.25, -0.2) is 13.4 Å². The predicted octanol–water partition coefficient (Wildman–Crippen LogP) is 3.11. The highest BCUT2D eigenvalue weighted by atomic mass is 32.2. The predicted molar refractivity (Wildman–Crippen MR) is 84.1 cm³/mol. The summed E-state index contributed by atoms with van der Waals surface area (Å²) in [5.41, 5.74) is 1.28. The van der Waals surface area contributed by atoms with Crippen molar-refractivity contribution in [2.24, 2.45) is 0 Å². The minimum Gasteiger partial charge on any atom is -0.255 e. The standard InChI is InChI=1S/C14H13N3O2S2/c1-9-10(2)20-14(16-9)17-21(18,19)12-7-3-5-11-6-4-8-15-13(11)12/h3-8H,1-2H3,(H,16,17). The molecule has 108 valence electrons. The number of anilines is 1. The second-order valence-electron chi connectivity index (χ2n) is 4.60. The zero-order valence-corrected chi connectivity index (χ0v) is 13.1. The second-order valence-corrected chi connectivity index (χ2v) is 7.45. The molecule has 0 aliphatic carbocycles. The van der Waals surface area contributed by atoms with Gasteiger partial charge < -0.3 is 0 Å². The molecular formula is C14H13N3O2S2. The van der Waals surface area contributed by atoms with Gasteiger partial charge in [0.25, 0.3) is 10.0 Å². The number of nitrogens with one attached hydrogen (secondary N) is 1. The van der Waals surface area contributed by atoms with E-state index in [1.165, 1.54) is 11.3 Å². The molecule has 21 heavy (non-hydrogen) atoms. The summed E-state index contributed by atoms with van der Waals surface area (Å²) >= 11 is 1.32. The lowest BCUT2D eigenvalue weighted by Gasteiger charge is -2.07. The number of pyridine rings is 1. The average Bonchev–Trinajstić information content (AvgIpc) is 2.75. The molecule has 0 radical (unpaired) electrons. The molecule has 2 aromatic heterocycles. The van der Waals surface area contributed by atoms with Crippen molar-refractivity contribution in [3.05, 3.63) is 47.1 Å². The number of aryl methyl sites for hydroxylation is 2. The highest BCUT2D eigenvalue weighted by Gasteiger charge is 2.20. The molecule has 0 spiro atoms. The van der Waals surface area contributed by atoms with Crippen LogP contribution in [0.15, 0.2) is 41.4 Å². The lowest BCUT2D eigenvalue weighted by Crippen LogP contribution is -2.13. The number of nitrogens with zero attached hydrogens (tertiary/aromatic N) is 2. The molecule has 0 saturated carbocycles. The molecule has 0 atom stereocenters. The summed E-state index contributed by atoms with van der Waals surface area (Å²) in [6.07, 6.45) is 1.58. The maximum atomic E-state index is 12.6. The summed E-state index contributed by atoms with van der Waals surface area (Å²) in [5.74, 6) is 0. The van der Waals surface area contributed by atoms with E-state index in [1.54, 1.807) is 24.4 Å². The maximum Gasteiger partial charge on any atom is 0.265 e. The number of aromatic nitrogens is 2. The van der Waals surface area contributed by atoms with Gasteiger partial charge in [-0.05, 0) is 26.0 Å². The largest absolute Gasteiger partial charge is 0.265 e. The molecule has 0 fully saturated rings. The zero-order valence-electron chi connectivity index (χ0n) is 11.5. The van der Waals surface area contributed by atoms with E-state index < -0.39 is 10.0 Å². The summed E-state index contributed by atoms with van der Waals surface area (Å²) < 4.78 is 27.6. The van der Waals surface area contributed by atoms with E-state index in [9.17, 15) is 8.42 Å². The Hall–Kier alpha value is -1.99. The number of hydrogen-bond acceptors (Lipinski definition) is 5. The third-order valence-corrected chi connectivity index (χ3v) is 5.62. The quantitative estimate of drug-likeness (QED) is 0.805. The molecule has 3 rings (SSSR count). The molecular weight excluding hydrogens is 306 g/mol. The van der Waals surface area contributed by atoms with Crippen LogP contribution in [0.1, 0.15) is 10.6 Å². The molecule has 2 heterocycles. The number of benzene rings is 1. The van der Waals surface area contributed by atoms with Crippen LogP contribution in [0.4, 0.5) is 5.13 Å². The van der Waals surface area contributed by atoms with Gasteiger partial charge in [-0.2, -0.15) is 0 Å². The number of sulfonamides is 1. The number of hydrogen-bond donors (Lipinski definition) is 1. The van der Waals surface area contributed by atoms with E-state index in [1.807, 2.05) is 26.0 Å². The highest BCUT2D eigenvalue weighted by Crippen LogP contribution is 2.26. The van der Waals surface area contributed by atoms with Gasteiger partial charge in [0.15, 0.2) is 5.13 Å². The van der Waals surface area contributed by atoms with Crippen LogP contribution < -0.4 is 4.72 Å². The Bertz CT molecular complexity index is 892. The van der Waals surface area contributed by atoms with Crippen molar-refractivity contribution >= 4 is 37.4 Å². The SMILES string of the molecule is Cc1nc(NS(=O)(=O)c2cccc3cccnc23)sc1C. The van der Waals surface area contributed by atoms with Gasteiger partial charge in [-0.15, -0.1) is 11.3 Å². The van der Waals surface area contributed by atoms with Crippen molar-refractivity contribution in [1.82, 2.24) is 9.97 Å². The fourth-order valence-corrected chi connectivity index (χ4v) is 4.21. The summed E-state index contributed by atoms with van der Waals surface area (Å²) in [4.78, 5) is 9.53. The number of para-hydroxylation sites is 1. The zero-order chi connectivity index (χ0) is 15.0. The summed E-state index contributed by atoms with van der Waals surface area (Å²) in [7, 11) is -3.71. The van der Waals surface area contributed by atoms with Gasteiger partial charge in [0.05, 0.1) is 11.2 Å². The molecule has 0 saturated heterocycles. The highest BCUT2D eigenvalue weighted by molar-refractivity contribution is 7.93. The Balaban J connectivity index is 2.08. The number of fused-ring (bicyclic) bond motifs is 1. The first kappa shape index (κ1) is 14.0. The van der Waals surface area contributed by atoms with E-state index in [0.29, 0.717) is 10.6 Å². The number of rotatable bonds is 3. The summed E-state index contributed by atoms with van der Waals surface area (Å²) in [6.45, 7) is 3.76. The minimum absolute atomic E-state index is 0.158. The van der Waals surface area contributed by atoms with Crippen molar-refractivity contribution in [3.8, 4) is 0 Å². The molecule has 7 heteroatoms. The summed E-state index contributed by atoms with van der Waals surface area (Å²) in [5, 5.41) is 1.16. The Morgan fingerprint density at radius 2 is 1.90 bits per heavy atom. The first-order valence-electron chi connectivity index (χ1n) is 6.28. The van der Waals surface area contributed by atoms with Crippen LogP contribution in [0.3, 0.4) is 0 Å². The van der Waals surface area contributed by atoms with Crippen LogP contribution in [0.5, 0.6) is 0 Å². The molecule has 0 aliphatic rings. The van der Waals surface area contributed by atoms with Crippen LogP contribution in [0.2, 0.25) is 0 Å². The fourth-order valence-electron chi connectivity index (χ4n) is 1.98. The van der Waals surface area contributed by atoms with Crippen molar-refractivity contribution in [2.45, 2.75) is 18.7 Å². The van der Waals surface area contributed by atoms with E-state index >= 15 is 0 Å². The molecule has 0 bridgehead atoms. The van der Waals surface area contributed by atoms with Crippen LogP contribution in [0.25, 0.3) is 10.9 Å². The van der Waals surface area contributed by atoms with Crippen LogP contribution in [-0.4, -0.2) is 18.4 Å². The maximum absolute atomic E-state index is 12.6. The van der Waals surface area contributed by atoms with Crippen molar-refractivity contribution in [1.29, 1.82) is 0 Å². The molecule has 3 aromatic rings. The van der Waals surface area contributed by atoms with E-state index in [0.717, 1.165) is 16.0 Å². The normalized spacial score (nSPS) is 11.7. The monoisotopic (exact) mass is 319 g/mol. The van der Waals surface area contributed by atoms with Crippen LogP contribution >= 0.6 is 11.3 Å². The van der Waals surface area contributed by atoms with E-state index in [4.69, 9.17) is 0 Å². The molecule has 5 nitrogen and oxygen atoms in total. The summed E-state index contributed by atoms with van der Waals surface area (Å²) in [6, 6.07) is 8.69. The van der Waals surface area contributed by atoms with E-state index in [-0.39, 0.29) is 4.90 Å². The minimum atomic E-state index is -3.71. The smallest absolute Gasteiger partial charge is 0.255 e. The van der Waals surface area contributed by atoms with Gasteiger partial charge in [-0.3, -0.25) is 9.71 Å². The van der Waals surface area contributed by atoms with Crippen molar-refractivity contribution < 1.29 is 8.42 Å². The lowest BCUT2D eigenvalue weighted by atomic mass is 10.2.